The highest BCUT2D eigenvalue weighted by atomic mass is 32.1. The lowest BCUT2D eigenvalue weighted by molar-refractivity contribution is -0.137. The Bertz CT molecular complexity index is 1080. The third-order valence-corrected chi connectivity index (χ3v) is 6.68. The van der Waals surface area contributed by atoms with Crippen LogP contribution in [0.25, 0.3) is 10.6 Å². The third kappa shape index (κ3) is 5.66. The number of aromatic nitrogens is 1. The Morgan fingerprint density at radius 1 is 1.06 bits per heavy atom. The molecule has 6 heteroatoms. The van der Waals surface area contributed by atoms with Gasteiger partial charge in [0.2, 0.25) is 0 Å². The first-order valence-corrected chi connectivity index (χ1v) is 11.7. The number of benzene rings is 2. The fourth-order valence-electron chi connectivity index (χ4n) is 3.71. The molecule has 32 heavy (non-hydrogen) atoms. The number of hydrogen-bond donors (Lipinski definition) is 0. The molecule has 0 saturated heterocycles. The number of Topliss-reactive ketones (excluding diaryl/α,β-unsaturated/α-hetero) is 1. The highest BCUT2D eigenvalue weighted by Gasteiger charge is 2.30. The summed E-state index contributed by atoms with van der Waals surface area (Å²) in [6.45, 7) is 8.25. The van der Waals surface area contributed by atoms with Crippen molar-refractivity contribution in [3.05, 3.63) is 75.3 Å². The van der Waals surface area contributed by atoms with Crippen LogP contribution in [0.3, 0.4) is 0 Å². The molecule has 3 rings (SSSR count). The van der Waals surface area contributed by atoms with Crippen molar-refractivity contribution in [1.29, 1.82) is 0 Å². The number of aryl methyl sites for hydroxylation is 3. The first kappa shape index (κ1) is 24.2. The van der Waals surface area contributed by atoms with E-state index in [4.69, 9.17) is 4.98 Å². The van der Waals surface area contributed by atoms with Crippen LogP contribution in [0.2, 0.25) is 0 Å². The van der Waals surface area contributed by atoms with Crippen LogP contribution in [-0.2, 0) is 19.0 Å². The molecule has 1 aromatic heterocycles. The van der Waals surface area contributed by atoms with E-state index in [0.717, 1.165) is 46.7 Å². The summed E-state index contributed by atoms with van der Waals surface area (Å²) in [7, 11) is 0. The SMILES string of the molecule is CCCc1ccc(C(=O)CCc2sc(-c3ccc(C(F)(F)F)cc3)nc2C(C)C)cc1C. The second-order valence-corrected chi connectivity index (χ2v) is 9.46. The minimum absolute atomic E-state index is 0.0929. The number of thiazole rings is 1. The van der Waals surface area contributed by atoms with E-state index in [9.17, 15) is 18.0 Å². The zero-order chi connectivity index (χ0) is 23.5. The van der Waals surface area contributed by atoms with Gasteiger partial charge >= 0.3 is 6.18 Å². The summed E-state index contributed by atoms with van der Waals surface area (Å²) in [6, 6.07) is 11.0. The molecule has 0 unspecified atom stereocenters. The van der Waals surface area contributed by atoms with Crippen molar-refractivity contribution in [3.63, 3.8) is 0 Å². The van der Waals surface area contributed by atoms with E-state index >= 15 is 0 Å². The van der Waals surface area contributed by atoms with E-state index in [1.807, 2.05) is 39.0 Å². The van der Waals surface area contributed by atoms with Crippen molar-refractivity contribution >= 4 is 17.1 Å². The fraction of sp³-hybridized carbons (Fsp3) is 0.385. The quantitative estimate of drug-likeness (QED) is 0.319. The molecule has 170 valence electrons. The maximum absolute atomic E-state index is 12.9. The lowest BCUT2D eigenvalue weighted by Crippen LogP contribution is -2.04. The predicted octanol–water partition coefficient (Wildman–Crippen LogP) is 8.03. The zero-order valence-electron chi connectivity index (χ0n) is 18.8. The van der Waals surface area contributed by atoms with Crippen LogP contribution in [0.5, 0.6) is 0 Å². The number of nitrogens with zero attached hydrogens (tertiary/aromatic N) is 1. The predicted molar refractivity (Wildman–Crippen MR) is 124 cm³/mol. The van der Waals surface area contributed by atoms with E-state index in [0.29, 0.717) is 23.4 Å². The number of carbonyl (C=O) groups excluding carboxylic acids is 1. The lowest BCUT2D eigenvalue weighted by Gasteiger charge is -2.08. The third-order valence-electron chi connectivity index (χ3n) is 5.50. The summed E-state index contributed by atoms with van der Waals surface area (Å²) < 4.78 is 38.6. The molecule has 0 fully saturated rings. The van der Waals surface area contributed by atoms with Crippen LogP contribution in [0.4, 0.5) is 13.2 Å². The van der Waals surface area contributed by atoms with Gasteiger partial charge in [0, 0.05) is 22.4 Å². The molecule has 0 atom stereocenters. The smallest absolute Gasteiger partial charge is 0.294 e. The Labute approximate surface area is 191 Å². The van der Waals surface area contributed by atoms with Crippen LogP contribution in [-0.4, -0.2) is 10.8 Å². The maximum Gasteiger partial charge on any atom is 0.416 e. The van der Waals surface area contributed by atoms with E-state index in [-0.39, 0.29) is 11.7 Å². The van der Waals surface area contributed by atoms with Crippen LogP contribution in [0, 0.1) is 6.92 Å². The van der Waals surface area contributed by atoms with Gasteiger partial charge in [-0.1, -0.05) is 51.5 Å². The molecule has 0 bridgehead atoms. The second-order valence-electron chi connectivity index (χ2n) is 8.37. The summed E-state index contributed by atoms with van der Waals surface area (Å²) in [6.07, 6.45) is -1.34. The van der Waals surface area contributed by atoms with E-state index in [1.165, 1.54) is 29.0 Å². The molecule has 2 aromatic carbocycles. The van der Waals surface area contributed by atoms with Crippen molar-refractivity contribution in [2.24, 2.45) is 0 Å². The van der Waals surface area contributed by atoms with Crippen LogP contribution in [0.1, 0.15) is 77.2 Å². The van der Waals surface area contributed by atoms with Crippen molar-refractivity contribution < 1.29 is 18.0 Å². The number of rotatable bonds is 8. The Hall–Kier alpha value is -2.47. The number of ketones is 1. The van der Waals surface area contributed by atoms with E-state index < -0.39 is 11.7 Å². The summed E-state index contributed by atoms with van der Waals surface area (Å²) >= 11 is 1.46. The first-order chi connectivity index (χ1) is 15.1. The van der Waals surface area contributed by atoms with Gasteiger partial charge in [0.05, 0.1) is 11.3 Å². The molecular weight excluding hydrogens is 431 g/mol. The van der Waals surface area contributed by atoms with Gasteiger partial charge in [-0.25, -0.2) is 4.98 Å². The van der Waals surface area contributed by atoms with Crippen molar-refractivity contribution in [3.8, 4) is 10.6 Å². The zero-order valence-corrected chi connectivity index (χ0v) is 19.7. The van der Waals surface area contributed by atoms with Gasteiger partial charge in [0.15, 0.2) is 5.78 Å². The summed E-state index contributed by atoms with van der Waals surface area (Å²) in [5.41, 5.74) is 4.03. The topological polar surface area (TPSA) is 30.0 Å². The molecule has 0 aliphatic carbocycles. The van der Waals surface area contributed by atoms with Crippen molar-refractivity contribution in [1.82, 2.24) is 4.98 Å². The normalized spacial score (nSPS) is 11.9. The molecule has 0 saturated carbocycles. The fourth-order valence-corrected chi connectivity index (χ4v) is 4.93. The van der Waals surface area contributed by atoms with Crippen LogP contribution in [0.15, 0.2) is 42.5 Å². The molecule has 0 N–H and O–H groups in total. The minimum atomic E-state index is -4.36. The Morgan fingerprint density at radius 2 is 1.75 bits per heavy atom. The largest absolute Gasteiger partial charge is 0.416 e. The number of carbonyl (C=O) groups is 1. The first-order valence-electron chi connectivity index (χ1n) is 10.9. The average molecular weight is 460 g/mol. The summed E-state index contributed by atoms with van der Waals surface area (Å²) in [5.74, 6) is 0.255. The van der Waals surface area contributed by atoms with Gasteiger partial charge in [-0.05, 0) is 55.0 Å². The van der Waals surface area contributed by atoms with Crippen LogP contribution < -0.4 is 0 Å². The Morgan fingerprint density at radius 3 is 2.31 bits per heavy atom. The molecule has 3 aromatic rings. The van der Waals surface area contributed by atoms with Gasteiger partial charge < -0.3 is 0 Å². The monoisotopic (exact) mass is 459 g/mol. The van der Waals surface area contributed by atoms with Crippen molar-refractivity contribution in [2.75, 3.05) is 0 Å². The standard InChI is InChI=1S/C26H28F3NOS/c1-5-6-18-7-8-20(15-17(18)4)22(31)13-14-23-24(16(2)3)30-25(32-23)19-9-11-21(12-10-19)26(27,28)29/h7-12,15-16H,5-6,13-14H2,1-4H3. The number of hydrogen-bond acceptors (Lipinski definition) is 3. The highest BCUT2D eigenvalue weighted by Crippen LogP contribution is 2.35. The molecule has 2 nitrogen and oxygen atoms in total. The summed E-state index contributed by atoms with van der Waals surface area (Å²) in [4.78, 5) is 18.5. The van der Waals surface area contributed by atoms with Gasteiger partial charge in [-0.3, -0.25) is 4.79 Å². The Kier molecular flexibility index (Phi) is 7.55. The summed E-state index contributed by atoms with van der Waals surface area (Å²) in [5, 5.41) is 0.685. The molecule has 1 heterocycles. The molecule has 0 amide bonds. The van der Waals surface area contributed by atoms with Crippen molar-refractivity contribution in [2.45, 2.75) is 65.5 Å². The molecular formula is C26H28F3NOS. The molecule has 0 radical (unpaired) electrons. The molecule has 0 aliphatic heterocycles. The van der Waals surface area contributed by atoms with Gasteiger partial charge in [0.1, 0.15) is 5.01 Å². The van der Waals surface area contributed by atoms with Gasteiger partial charge in [-0.2, -0.15) is 13.2 Å². The average Bonchev–Trinajstić information content (AvgIpc) is 3.18. The molecule has 0 spiro atoms. The van der Waals surface area contributed by atoms with Crippen LogP contribution >= 0.6 is 11.3 Å². The van der Waals surface area contributed by atoms with Gasteiger partial charge in [0.25, 0.3) is 0 Å². The highest BCUT2D eigenvalue weighted by molar-refractivity contribution is 7.15. The van der Waals surface area contributed by atoms with Gasteiger partial charge in [-0.15, -0.1) is 11.3 Å². The Balaban J connectivity index is 1.77. The van der Waals surface area contributed by atoms with E-state index in [1.54, 1.807) is 0 Å². The maximum atomic E-state index is 12.9. The minimum Gasteiger partial charge on any atom is -0.294 e. The number of alkyl halides is 3. The van der Waals surface area contributed by atoms with E-state index in [2.05, 4.69) is 6.92 Å². The second kappa shape index (κ2) is 9.99. The molecule has 0 aliphatic rings. The lowest BCUT2D eigenvalue weighted by atomic mass is 9.97. The number of halogens is 3.